The summed E-state index contributed by atoms with van der Waals surface area (Å²) in [5, 5.41) is 29.1. The molecule has 1 saturated carbocycles. The largest absolute Gasteiger partial charge is 0.478 e. The molecule has 2 N–H and O–H groups in total. The van der Waals surface area contributed by atoms with E-state index >= 15 is 0 Å². The predicted molar refractivity (Wildman–Crippen MR) is 76.8 cm³/mol. The van der Waals surface area contributed by atoms with Crippen molar-refractivity contribution < 1.29 is 15.0 Å². The maximum absolute atomic E-state index is 11.0. The average molecular weight is 281 g/mol. The Morgan fingerprint density at radius 1 is 1.38 bits per heavy atom. The van der Waals surface area contributed by atoms with Crippen LogP contribution in [0, 0.1) is 28.6 Å². The van der Waals surface area contributed by atoms with Crippen molar-refractivity contribution in [3.8, 4) is 17.9 Å². The first-order valence-electron chi connectivity index (χ1n) is 6.57. The zero-order valence-electron chi connectivity index (χ0n) is 11.6. The number of carbonyl (C=O) groups is 1. The summed E-state index contributed by atoms with van der Waals surface area (Å²) in [4.78, 5) is 10.6. The highest BCUT2D eigenvalue weighted by atomic mass is 16.4. The first-order valence-corrected chi connectivity index (χ1v) is 6.57. The summed E-state index contributed by atoms with van der Waals surface area (Å²) >= 11 is 0. The predicted octanol–water partition coefficient (Wildman–Crippen LogP) is 2.21. The molecule has 0 amide bonds. The average Bonchev–Trinajstić information content (AvgIpc) is 3.26. The van der Waals surface area contributed by atoms with Crippen LogP contribution >= 0.6 is 0 Å². The Labute approximate surface area is 123 Å². The normalized spacial score (nSPS) is 18.6. The van der Waals surface area contributed by atoms with E-state index in [1.165, 1.54) is 0 Å². The number of nitriles is 1. The maximum Gasteiger partial charge on any atom is 0.329 e. The number of nitrogens with zero attached hydrogens (tertiary/aromatic N) is 1. The lowest BCUT2D eigenvalue weighted by Gasteiger charge is -2.27. The molecule has 0 bridgehead atoms. The third-order valence-electron chi connectivity index (χ3n) is 3.63. The summed E-state index contributed by atoms with van der Waals surface area (Å²) in [6, 6.07) is 11.0. The standard InChI is InChI=1S/C17H15NO3/c1-13(11-15(19)20)7-8-17(21,16(12-18)9-10-16)14-5-3-2-4-6-14/h2-6,11,21H,9-10H2,1H3,(H,19,20)/b13-11-. The van der Waals surface area contributed by atoms with Gasteiger partial charge in [-0.05, 0) is 25.3 Å². The Morgan fingerprint density at radius 2 is 2.00 bits per heavy atom. The van der Waals surface area contributed by atoms with Crippen molar-refractivity contribution in [2.24, 2.45) is 5.41 Å². The minimum absolute atomic E-state index is 0.325. The van der Waals surface area contributed by atoms with Gasteiger partial charge in [0.25, 0.3) is 0 Å². The van der Waals surface area contributed by atoms with Gasteiger partial charge in [0.05, 0.1) is 6.07 Å². The highest BCUT2D eigenvalue weighted by Gasteiger charge is 2.60. The van der Waals surface area contributed by atoms with E-state index in [-0.39, 0.29) is 0 Å². The quantitative estimate of drug-likeness (QED) is 0.657. The first kappa shape index (κ1) is 14.8. The van der Waals surface area contributed by atoms with Crippen LogP contribution < -0.4 is 0 Å². The molecule has 0 heterocycles. The molecular weight excluding hydrogens is 266 g/mol. The van der Waals surface area contributed by atoms with E-state index in [0.29, 0.717) is 24.0 Å². The van der Waals surface area contributed by atoms with Crippen molar-refractivity contribution in [2.75, 3.05) is 0 Å². The molecule has 2 rings (SSSR count). The molecular formula is C17H15NO3. The molecule has 0 saturated heterocycles. The number of carboxylic acids is 1. The second-order valence-corrected chi connectivity index (χ2v) is 5.19. The zero-order valence-corrected chi connectivity index (χ0v) is 11.6. The minimum atomic E-state index is -1.59. The summed E-state index contributed by atoms with van der Waals surface area (Å²) < 4.78 is 0. The Hall–Kier alpha value is -2.56. The van der Waals surface area contributed by atoms with E-state index in [0.717, 1.165) is 6.08 Å². The monoisotopic (exact) mass is 281 g/mol. The fourth-order valence-corrected chi connectivity index (χ4v) is 2.24. The fourth-order valence-electron chi connectivity index (χ4n) is 2.24. The van der Waals surface area contributed by atoms with E-state index in [1.807, 2.05) is 6.07 Å². The molecule has 0 aromatic heterocycles. The smallest absolute Gasteiger partial charge is 0.329 e. The van der Waals surface area contributed by atoms with Crippen molar-refractivity contribution >= 4 is 5.97 Å². The highest BCUT2D eigenvalue weighted by molar-refractivity contribution is 5.81. The van der Waals surface area contributed by atoms with Gasteiger partial charge in [-0.25, -0.2) is 4.79 Å². The molecule has 0 radical (unpaired) electrons. The second kappa shape index (κ2) is 5.44. The lowest BCUT2D eigenvalue weighted by Crippen LogP contribution is -2.34. The molecule has 106 valence electrons. The summed E-state index contributed by atoms with van der Waals surface area (Å²) in [7, 11) is 0. The number of rotatable bonds is 3. The van der Waals surface area contributed by atoms with Crippen LogP contribution in [0.25, 0.3) is 0 Å². The van der Waals surface area contributed by atoms with Gasteiger partial charge < -0.3 is 10.2 Å². The molecule has 1 aliphatic rings. The van der Waals surface area contributed by atoms with Gasteiger partial charge in [0, 0.05) is 11.6 Å². The first-order chi connectivity index (χ1) is 9.93. The van der Waals surface area contributed by atoms with Crippen LogP contribution in [0.15, 0.2) is 42.0 Å². The second-order valence-electron chi connectivity index (χ2n) is 5.19. The Balaban J connectivity index is 2.48. The van der Waals surface area contributed by atoms with Crippen LogP contribution in [0.5, 0.6) is 0 Å². The molecule has 1 aromatic carbocycles. The number of benzene rings is 1. The summed E-state index contributed by atoms with van der Waals surface area (Å²) in [6.45, 7) is 1.55. The van der Waals surface area contributed by atoms with Crippen LogP contribution in [0.4, 0.5) is 0 Å². The van der Waals surface area contributed by atoms with E-state index in [1.54, 1.807) is 31.2 Å². The van der Waals surface area contributed by atoms with Gasteiger partial charge in [0.15, 0.2) is 5.60 Å². The number of hydrogen-bond acceptors (Lipinski definition) is 3. The Bertz CT molecular complexity index is 684. The number of allylic oxidation sites excluding steroid dienone is 1. The van der Waals surface area contributed by atoms with Crippen molar-refractivity contribution in [1.82, 2.24) is 0 Å². The number of aliphatic carboxylic acids is 1. The third-order valence-corrected chi connectivity index (χ3v) is 3.63. The maximum atomic E-state index is 11.0. The highest BCUT2D eigenvalue weighted by Crippen LogP contribution is 2.57. The summed E-state index contributed by atoms with van der Waals surface area (Å²) in [5.41, 5.74) is -1.62. The van der Waals surface area contributed by atoms with E-state index in [9.17, 15) is 15.2 Å². The van der Waals surface area contributed by atoms with Crippen molar-refractivity contribution in [3.05, 3.63) is 47.5 Å². The van der Waals surface area contributed by atoms with E-state index < -0.39 is 17.0 Å². The molecule has 1 aromatic rings. The van der Waals surface area contributed by atoms with E-state index in [2.05, 4.69) is 17.9 Å². The van der Waals surface area contributed by atoms with Gasteiger partial charge in [-0.15, -0.1) is 0 Å². The molecule has 1 atom stereocenters. The van der Waals surface area contributed by atoms with Crippen LogP contribution in [0.1, 0.15) is 25.3 Å². The van der Waals surface area contributed by atoms with Gasteiger partial charge in [0.2, 0.25) is 0 Å². The summed E-state index contributed by atoms with van der Waals surface area (Å²) in [6.07, 6.45) is 2.13. The molecule has 4 heteroatoms. The molecule has 1 aliphatic carbocycles. The van der Waals surface area contributed by atoms with Gasteiger partial charge in [0.1, 0.15) is 5.41 Å². The molecule has 1 unspecified atom stereocenters. The fraction of sp³-hybridized carbons (Fsp3) is 0.294. The number of aliphatic hydroxyl groups is 1. The van der Waals surface area contributed by atoms with E-state index in [4.69, 9.17) is 5.11 Å². The van der Waals surface area contributed by atoms with Gasteiger partial charge in [-0.1, -0.05) is 42.2 Å². The molecule has 21 heavy (non-hydrogen) atoms. The van der Waals surface area contributed by atoms with Crippen LogP contribution in [0.3, 0.4) is 0 Å². The molecule has 0 aliphatic heterocycles. The van der Waals surface area contributed by atoms with Gasteiger partial charge in [-0.3, -0.25) is 0 Å². The Kier molecular flexibility index (Phi) is 3.84. The third kappa shape index (κ3) is 2.81. The van der Waals surface area contributed by atoms with Crippen molar-refractivity contribution in [1.29, 1.82) is 5.26 Å². The lowest BCUT2D eigenvalue weighted by molar-refractivity contribution is -0.131. The SMILES string of the molecule is C/C(C#CC(O)(c1ccccc1)C1(C#N)CC1)=C/C(=O)O. The molecule has 4 nitrogen and oxygen atoms in total. The number of hydrogen-bond donors (Lipinski definition) is 2. The van der Waals surface area contributed by atoms with Gasteiger partial charge >= 0.3 is 5.97 Å². The minimum Gasteiger partial charge on any atom is -0.478 e. The molecule has 1 fully saturated rings. The van der Waals surface area contributed by atoms with Crippen molar-refractivity contribution in [3.63, 3.8) is 0 Å². The van der Waals surface area contributed by atoms with Crippen LogP contribution in [-0.2, 0) is 10.4 Å². The summed E-state index contributed by atoms with van der Waals surface area (Å²) in [5.74, 6) is 4.29. The number of carboxylic acid groups (broad SMARTS) is 1. The van der Waals surface area contributed by atoms with Crippen molar-refractivity contribution in [2.45, 2.75) is 25.4 Å². The van der Waals surface area contributed by atoms with Gasteiger partial charge in [-0.2, -0.15) is 5.26 Å². The molecule has 0 spiro atoms. The Morgan fingerprint density at radius 3 is 2.48 bits per heavy atom. The topological polar surface area (TPSA) is 81.3 Å². The lowest BCUT2D eigenvalue weighted by atomic mass is 9.79. The van der Waals surface area contributed by atoms with Crippen LogP contribution in [0.2, 0.25) is 0 Å². The van der Waals surface area contributed by atoms with Crippen LogP contribution in [-0.4, -0.2) is 16.2 Å². The zero-order chi connectivity index (χ0) is 15.5.